The number of hydrogen-bond donors (Lipinski definition) is 2. The number of benzene rings is 1. The van der Waals surface area contributed by atoms with E-state index < -0.39 is 11.7 Å². The summed E-state index contributed by atoms with van der Waals surface area (Å²) in [4.78, 5) is 25.1. The molecule has 9 heteroatoms. The summed E-state index contributed by atoms with van der Waals surface area (Å²) in [6, 6.07) is 8.93. The average molecular weight is 443 g/mol. The number of rotatable bonds is 6. The molecule has 3 rings (SSSR count). The van der Waals surface area contributed by atoms with Gasteiger partial charge < -0.3 is 10.6 Å². The number of carbonyl (C=O) groups excluding carboxylic acids is 1. The predicted octanol–water partition coefficient (Wildman–Crippen LogP) is 4.84. The SMILES string of the molecule is C=NC(=N/C=C\C)c1ccccc1C(=O)N[C@@H]1CCC[C@@H]1Nc1ccc(C(F)(F)F)cn1. The molecule has 2 atom stereocenters. The van der Waals surface area contributed by atoms with Gasteiger partial charge in [0.25, 0.3) is 5.91 Å². The van der Waals surface area contributed by atoms with Gasteiger partial charge >= 0.3 is 6.18 Å². The van der Waals surface area contributed by atoms with Gasteiger partial charge in [0.2, 0.25) is 0 Å². The molecule has 168 valence electrons. The number of nitrogens with one attached hydrogen (secondary N) is 2. The number of amides is 1. The molecular formula is C23H24F3N5O. The molecule has 0 radical (unpaired) electrons. The number of carbonyl (C=O) groups is 1. The van der Waals surface area contributed by atoms with Crippen LogP contribution in [0.1, 0.15) is 47.7 Å². The summed E-state index contributed by atoms with van der Waals surface area (Å²) in [7, 11) is 0. The standard InChI is InChI=1S/C23H24F3N5O/c1-3-13-28-21(27-2)16-7-4-5-8-17(16)22(32)31-19-10-6-9-18(19)30-20-12-11-15(14-29-20)23(24,25)26/h3-5,7-8,11-14,18-19H,2,6,9-10H2,1H3,(H,29,30)(H,31,32)/b13-3-,28-21?/t18-,19+/m0/s1. The first-order valence-corrected chi connectivity index (χ1v) is 10.2. The van der Waals surface area contributed by atoms with Gasteiger partial charge in [0.1, 0.15) is 5.82 Å². The van der Waals surface area contributed by atoms with E-state index >= 15 is 0 Å². The molecule has 32 heavy (non-hydrogen) atoms. The van der Waals surface area contributed by atoms with Crippen molar-refractivity contribution in [3.63, 3.8) is 0 Å². The van der Waals surface area contributed by atoms with Gasteiger partial charge in [0.15, 0.2) is 5.84 Å². The molecule has 0 unspecified atom stereocenters. The largest absolute Gasteiger partial charge is 0.417 e. The third-order valence-electron chi connectivity index (χ3n) is 5.16. The first kappa shape index (κ1) is 23.2. The summed E-state index contributed by atoms with van der Waals surface area (Å²) >= 11 is 0. The summed E-state index contributed by atoms with van der Waals surface area (Å²) < 4.78 is 38.2. The molecule has 2 N–H and O–H groups in total. The van der Waals surface area contributed by atoms with E-state index in [4.69, 9.17) is 0 Å². The van der Waals surface area contributed by atoms with E-state index in [-0.39, 0.29) is 18.0 Å². The molecule has 1 aliphatic rings. The van der Waals surface area contributed by atoms with Crippen molar-refractivity contribution in [3.05, 3.63) is 71.6 Å². The zero-order chi connectivity index (χ0) is 23.1. The third-order valence-corrected chi connectivity index (χ3v) is 5.16. The van der Waals surface area contributed by atoms with E-state index in [0.717, 1.165) is 31.5 Å². The Morgan fingerprint density at radius 3 is 2.50 bits per heavy atom. The Morgan fingerprint density at radius 2 is 1.88 bits per heavy atom. The van der Waals surface area contributed by atoms with Crippen LogP contribution >= 0.6 is 0 Å². The Hall–Kier alpha value is -3.49. The van der Waals surface area contributed by atoms with E-state index in [1.54, 1.807) is 36.5 Å². The van der Waals surface area contributed by atoms with Gasteiger partial charge in [-0.2, -0.15) is 13.2 Å². The molecule has 0 spiro atoms. The van der Waals surface area contributed by atoms with Crippen LogP contribution in [0.4, 0.5) is 19.0 Å². The predicted molar refractivity (Wildman–Crippen MR) is 119 cm³/mol. The summed E-state index contributed by atoms with van der Waals surface area (Å²) in [6.45, 7) is 5.36. The number of aliphatic imine (C=N–C) groups is 2. The lowest BCUT2D eigenvalue weighted by Gasteiger charge is -2.23. The van der Waals surface area contributed by atoms with Crippen molar-refractivity contribution in [2.75, 3.05) is 5.32 Å². The molecular weight excluding hydrogens is 419 g/mol. The zero-order valence-corrected chi connectivity index (χ0v) is 17.6. The molecule has 0 aliphatic heterocycles. The Balaban J connectivity index is 1.73. The van der Waals surface area contributed by atoms with Crippen LogP contribution in [0, 0.1) is 0 Å². The second-order valence-electron chi connectivity index (χ2n) is 7.33. The Bertz CT molecular complexity index is 1020. The van der Waals surface area contributed by atoms with Gasteiger partial charge in [-0.1, -0.05) is 24.3 Å². The smallest absolute Gasteiger partial charge is 0.365 e. The van der Waals surface area contributed by atoms with Crippen LogP contribution in [0.5, 0.6) is 0 Å². The van der Waals surface area contributed by atoms with Crippen LogP contribution in [0.25, 0.3) is 0 Å². The molecule has 1 fully saturated rings. The van der Waals surface area contributed by atoms with Crippen molar-refractivity contribution in [3.8, 4) is 0 Å². The monoisotopic (exact) mass is 443 g/mol. The first-order valence-electron chi connectivity index (χ1n) is 10.2. The molecule has 6 nitrogen and oxygen atoms in total. The lowest BCUT2D eigenvalue weighted by atomic mass is 10.0. The number of amidine groups is 1. The fourth-order valence-corrected chi connectivity index (χ4v) is 3.61. The number of pyridine rings is 1. The molecule has 0 bridgehead atoms. The molecule has 1 aliphatic carbocycles. The van der Waals surface area contributed by atoms with Crippen LogP contribution in [0.3, 0.4) is 0 Å². The lowest BCUT2D eigenvalue weighted by molar-refractivity contribution is -0.137. The Kier molecular flexibility index (Phi) is 7.40. The number of aromatic nitrogens is 1. The number of halogens is 3. The quantitative estimate of drug-likeness (QED) is 0.495. The zero-order valence-electron chi connectivity index (χ0n) is 17.6. The van der Waals surface area contributed by atoms with Gasteiger partial charge in [-0.05, 0) is 51.1 Å². The number of alkyl halides is 3. The van der Waals surface area contributed by atoms with E-state index in [1.165, 1.54) is 6.07 Å². The van der Waals surface area contributed by atoms with E-state index in [1.807, 2.05) is 6.92 Å². The van der Waals surface area contributed by atoms with Crippen LogP contribution in [-0.4, -0.2) is 35.5 Å². The highest BCUT2D eigenvalue weighted by molar-refractivity contribution is 6.10. The van der Waals surface area contributed by atoms with Gasteiger partial charge in [-0.15, -0.1) is 0 Å². The highest BCUT2D eigenvalue weighted by Crippen LogP contribution is 2.29. The fourth-order valence-electron chi connectivity index (χ4n) is 3.61. The van der Waals surface area contributed by atoms with Gasteiger partial charge in [0.05, 0.1) is 11.1 Å². The number of anilines is 1. The molecule has 1 aromatic heterocycles. The van der Waals surface area contributed by atoms with E-state index in [0.29, 0.717) is 22.8 Å². The maximum Gasteiger partial charge on any atom is 0.417 e. The van der Waals surface area contributed by atoms with Gasteiger partial charge in [-0.25, -0.2) is 15.0 Å². The number of allylic oxidation sites excluding steroid dienone is 1. The second-order valence-corrected chi connectivity index (χ2v) is 7.33. The molecule has 2 aromatic rings. The minimum absolute atomic E-state index is 0.149. The Labute approximate surface area is 184 Å². The molecule has 0 saturated heterocycles. The summed E-state index contributed by atoms with van der Waals surface area (Å²) in [5.74, 6) is 0.390. The van der Waals surface area contributed by atoms with Gasteiger partial charge in [0, 0.05) is 30.0 Å². The fraction of sp³-hybridized carbons (Fsp3) is 0.304. The maximum absolute atomic E-state index is 13.1. The van der Waals surface area contributed by atoms with Crippen molar-refractivity contribution in [2.24, 2.45) is 9.98 Å². The highest BCUT2D eigenvalue weighted by Gasteiger charge is 2.32. The molecule has 1 aromatic carbocycles. The first-order chi connectivity index (χ1) is 15.3. The van der Waals surface area contributed by atoms with Crippen molar-refractivity contribution < 1.29 is 18.0 Å². The van der Waals surface area contributed by atoms with Crippen molar-refractivity contribution in [2.45, 2.75) is 44.4 Å². The number of nitrogens with zero attached hydrogens (tertiary/aromatic N) is 3. The summed E-state index contributed by atoms with van der Waals surface area (Å²) in [6.07, 6.45) is 2.06. The van der Waals surface area contributed by atoms with Crippen molar-refractivity contribution in [1.82, 2.24) is 10.3 Å². The lowest BCUT2D eigenvalue weighted by Crippen LogP contribution is -2.43. The molecule has 1 saturated carbocycles. The maximum atomic E-state index is 13.1. The van der Waals surface area contributed by atoms with E-state index in [2.05, 4.69) is 32.3 Å². The Morgan fingerprint density at radius 1 is 1.16 bits per heavy atom. The van der Waals surface area contributed by atoms with Crippen molar-refractivity contribution in [1.29, 1.82) is 0 Å². The normalized spacial score (nSPS) is 19.2. The minimum Gasteiger partial charge on any atom is -0.365 e. The summed E-state index contributed by atoms with van der Waals surface area (Å²) in [5.41, 5.74) is 0.175. The van der Waals surface area contributed by atoms with Gasteiger partial charge in [-0.3, -0.25) is 4.79 Å². The molecule has 1 amide bonds. The number of hydrogen-bond acceptors (Lipinski definition) is 4. The van der Waals surface area contributed by atoms with Crippen molar-refractivity contribution >= 4 is 24.3 Å². The third kappa shape index (κ3) is 5.60. The van der Waals surface area contributed by atoms with Crippen LogP contribution in [0.2, 0.25) is 0 Å². The minimum atomic E-state index is -4.43. The summed E-state index contributed by atoms with van der Waals surface area (Å²) in [5, 5.41) is 6.18. The second kappa shape index (κ2) is 10.2. The van der Waals surface area contributed by atoms with Crippen LogP contribution < -0.4 is 10.6 Å². The molecule has 1 heterocycles. The topological polar surface area (TPSA) is 78.7 Å². The van der Waals surface area contributed by atoms with Crippen LogP contribution in [-0.2, 0) is 6.18 Å². The average Bonchev–Trinajstić information content (AvgIpc) is 3.20. The highest BCUT2D eigenvalue weighted by atomic mass is 19.4. The van der Waals surface area contributed by atoms with E-state index in [9.17, 15) is 18.0 Å². The van der Waals surface area contributed by atoms with Crippen LogP contribution in [0.15, 0.2) is 64.9 Å².